The van der Waals surface area contributed by atoms with E-state index >= 15 is 0 Å². The van der Waals surface area contributed by atoms with Gasteiger partial charge in [0, 0.05) is 74.3 Å². The zero-order chi connectivity index (χ0) is 34.3. The summed E-state index contributed by atoms with van der Waals surface area (Å²) in [5.74, 6) is -0.670. The molecule has 0 atom stereocenters. The second-order valence-electron chi connectivity index (χ2n) is 14.3. The van der Waals surface area contributed by atoms with Gasteiger partial charge in [-0.3, -0.25) is 19.0 Å². The fourth-order valence-corrected chi connectivity index (χ4v) is 6.21. The first-order valence-electron chi connectivity index (χ1n) is 16.2. The van der Waals surface area contributed by atoms with Gasteiger partial charge in [-0.15, -0.1) is 0 Å². The van der Waals surface area contributed by atoms with Crippen LogP contribution in [0.15, 0.2) is 36.7 Å². The van der Waals surface area contributed by atoms with Crippen molar-refractivity contribution in [3.63, 3.8) is 0 Å². The molecular formula is C35H47N7O5. The van der Waals surface area contributed by atoms with Crippen LogP contribution in [0.2, 0.25) is 0 Å². The summed E-state index contributed by atoms with van der Waals surface area (Å²) >= 11 is 0. The predicted molar refractivity (Wildman–Crippen MR) is 183 cm³/mol. The highest BCUT2D eigenvalue weighted by Gasteiger charge is 2.31. The van der Waals surface area contributed by atoms with Crippen LogP contribution in [0.4, 0.5) is 16.2 Å². The van der Waals surface area contributed by atoms with E-state index in [0.29, 0.717) is 34.4 Å². The monoisotopic (exact) mass is 645 g/mol. The summed E-state index contributed by atoms with van der Waals surface area (Å²) in [4.78, 5) is 43.4. The van der Waals surface area contributed by atoms with Gasteiger partial charge in [0.05, 0.1) is 17.5 Å². The van der Waals surface area contributed by atoms with Crippen LogP contribution in [-0.2, 0) is 34.8 Å². The number of anilines is 2. The maximum atomic E-state index is 13.8. The van der Waals surface area contributed by atoms with Crippen molar-refractivity contribution >= 4 is 51.2 Å². The number of rotatable bonds is 7. The lowest BCUT2D eigenvalue weighted by molar-refractivity contribution is -0.153. The van der Waals surface area contributed by atoms with Gasteiger partial charge in [0.25, 0.3) is 5.91 Å². The van der Waals surface area contributed by atoms with E-state index in [1.54, 1.807) is 15.4 Å². The number of amides is 2. The fourth-order valence-electron chi connectivity index (χ4n) is 6.21. The molecule has 2 amide bonds. The van der Waals surface area contributed by atoms with Crippen molar-refractivity contribution in [2.24, 2.45) is 14.1 Å². The Balaban J connectivity index is 1.36. The van der Waals surface area contributed by atoms with Gasteiger partial charge in [0.15, 0.2) is 0 Å². The molecule has 1 fully saturated rings. The molecule has 1 saturated heterocycles. The van der Waals surface area contributed by atoms with E-state index in [4.69, 9.17) is 9.47 Å². The summed E-state index contributed by atoms with van der Waals surface area (Å²) in [5.41, 5.74) is 2.80. The van der Waals surface area contributed by atoms with Crippen molar-refractivity contribution in [1.82, 2.24) is 24.5 Å². The zero-order valence-corrected chi connectivity index (χ0v) is 29.0. The van der Waals surface area contributed by atoms with E-state index in [-0.39, 0.29) is 30.4 Å². The Bertz CT molecular complexity index is 1800. The molecule has 0 aliphatic carbocycles. The molecule has 2 aromatic heterocycles. The minimum Gasteiger partial charge on any atom is -0.460 e. The van der Waals surface area contributed by atoms with Gasteiger partial charge in [0.1, 0.15) is 16.7 Å². The van der Waals surface area contributed by atoms with Crippen molar-refractivity contribution in [3.05, 3.63) is 47.8 Å². The quantitative estimate of drug-likeness (QED) is 0.249. The molecule has 5 rings (SSSR count). The number of hydrogen-bond donors (Lipinski definition) is 1. The number of aromatic nitrogens is 4. The predicted octanol–water partition coefficient (Wildman–Crippen LogP) is 5.82. The molecule has 1 aliphatic heterocycles. The van der Waals surface area contributed by atoms with Crippen LogP contribution in [0.25, 0.3) is 21.8 Å². The third-order valence-electron chi connectivity index (χ3n) is 8.04. The molecule has 0 radical (unpaired) electrons. The van der Waals surface area contributed by atoms with Gasteiger partial charge in [-0.2, -0.15) is 10.2 Å². The Labute approximate surface area is 276 Å². The number of hydrogen-bond acceptors (Lipinski definition) is 8. The number of nitrogens with zero attached hydrogens (tertiary/aromatic N) is 6. The van der Waals surface area contributed by atoms with E-state index in [0.717, 1.165) is 42.4 Å². The second-order valence-corrected chi connectivity index (χ2v) is 14.3. The molecular weight excluding hydrogens is 598 g/mol. The number of carbonyl (C=O) groups excluding carboxylic acids is 3. The van der Waals surface area contributed by atoms with Gasteiger partial charge in [0.2, 0.25) is 0 Å². The lowest BCUT2D eigenvalue weighted by atomic mass is 10.0. The van der Waals surface area contributed by atoms with Gasteiger partial charge in [-0.1, -0.05) is 0 Å². The third-order valence-corrected chi connectivity index (χ3v) is 8.04. The van der Waals surface area contributed by atoms with Crippen molar-refractivity contribution in [1.29, 1.82) is 0 Å². The average Bonchev–Trinajstić information content (AvgIpc) is 3.52. The Morgan fingerprint density at radius 3 is 2.19 bits per heavy atom. The number of piperidine rings is 1. The number of ether oxygens (including phenoxy) is 2. The lowest BCUT2D eigenvalue weighted by Crippen LogP contribution is -2.48. The Hall–Kier alpha value is -4.61. The Morgan fingerprint density at radius 1 is 0.915 bits per heavy atom. The first kappa shape index (κ1) is 33.7. The topological polar surface area (TPSA) is 124 Å². The van der Waals surface area contributed by atoms with E-state index in [1.807, 2.05) is 98.1 Å². The minimum absolute atomic E-state index is 0.0260. The van der Waals surface area contributed by atoms with Gasteiger partial charge >= 0.3 is 12.1 Å². The number of nitrogens with one attached hydrogen (secondary N) is 1. The first-order chi connectivity index (χ1) is 22.0. The Morgan fingerprint density at radius 2 is 1.55 bits per heavy atom. The number of fused-ring (bicyclic) bond motifs is 2. The summed E-state index contributed by atoms with van der Waals surface area (Å²) in [6, 6.07) is 7.52. The summed E-state index contributed by atoms with van der Waals surface area (Å²) in [6.45, 7) is 15.2. The van der Waals surface area contributed by atoms with Crippen molar-refractivity contribution in [2.45, 2.75) is 85.0 Å². The highest BCUT2D eigenvalue weighted by molar-refractivity contribution is 6.14. The molecule has 12 heteroatoms. The van der Waals surface area contributed by atoms with Crippen LogP contribution in [0.1, 0.15) is 77.2 Å². The molecule has 47 heavy (non-hydrogen) atoms. The molecule has 0 spiro atoms. The molecule has 0 saturated carbocycles. The van der Waals surface area contributed by atoms with Gasteiger partial charge in [-0.05, 0) is 91.1 Å². The second kappa shape index (κ2) is 12.9. The smallest absolute Gasteiger partial charge is 0.410 e. The minimum atomic E-state index is -0.613. The van der Waals surface area contributed by atoms with E-state index in [9.17, 15) is 14.4 Å². The van der Waals surface area contributed by atoms with Crippen LogP contribution in [0.3, 0.4) is 0 Å². The highest BCUT2D eigenvalue weighted by Crippen LogP contribution is 2.33. The van der Waals surface area contributed by atoms with Crippen molar-refractivity contribution in [3.8, 4) is 0 Å². The normalized spacial score (nSPS) is 14.4. The Kier molecular flexibility index (Phi) is 9.25. The van der Waals surface area contributed by atoms with Crippen LogP contribution < -0.4 is 10.2 Å². The van der Waals surface area contributed by atoms with Gasteiger partial charge in [-0.25, -0.2) is 4.79 Å². The molecule has 0 bridgehead atoms. The number of carbonyl (C=O) groups is 3. The summed E-state index contributed by atoms with van der Waals surface area (Å²) in [6.07, 6.45) is 5.15. The number of esters is 1. The molecule has 0 unspecified atom stereocenters. The molecule has 252 valence electrons. The standard InChI is InChI=1S/C35H47N7O5/c1-10-42(33(45)47-35(5,6)7)25-13-15-41(16-14-25)28-12-11-26(31-27(28)21-40(9)38-31)32(44)36-24-17-22(19-29(43)46-34(2,3)4)30-23(18-24)20-39(8)37-30/h11-12,17-18,20-21,25H,10,13-16,19H2,1-9H3,(H,36,44). The summed E-state index contributed by atoms with van der Waals surface area (Å²) in [7, 11) is 3.66. The van der Waals surface area contributed by atoms with E-state index < -0.39 is 11.2 Å². The van der Waals surface area contributed by atoms with Crippen LogP contribution in [-0.4, -0.2) is 79.3 Å². The molecule has 2 aromatic carbocycles. The molecule has 1 aliphatic rings. The summed E-state index contributed by atoms with van der Waals surface area (Å²) in [5, 5.41) is 13.9. The van der Waals surface area contributed by atoms with Crippen molar-refractivity contribution < 1.29 is 23.9 Å². The first-order valence-corrected chi connectivity index (χ1v) is 16.2. The zero-order valence-electron chi connectivity index (χ0n) is 29.0. The summed E-state index contributed by atoms with van der Waals surface area (Å²) < 4.78 is 14.6. The molecule has 3 heterocycles. The fraction of sp³-hybridized carbons (Fsp3) is 0.514. The third kappa shape index (κ3) is 7.86. The van der Waals surface area contributed by atoms with Crippen LogP contribution in [0, 0.1) is 0 Å². The maximum Gasteiger partial charge on any atom is 0.410 e. The maximum absolute atomic E-state index is 13.8. The number of benzene rings is 2. The molecule has 12 nitrogen and oxygen atoms in total. The highest BCUT2D eigenvalue weighted by atomic mass is 16.6. The van der Waals surface area contributed by atoms with Gasteiger partial charge < -0.3 is 24.6 Å². The largest absolute Gasteiger partial charge is 0.460 e. The number of aryl methyl sites for hydroxylation is 2. The van der Waals surface area contributed by atoms with E-state index in [1.165, 1.54) is 0 Å². The lowest BCUT2D eigenvalue weighted by Gasteiger charge is -2.39. The molecule has 4 aromatic rings. The van der Waals surface area contributed by atoms with Crippen LogP contribution >= 0.6 is 0 Å². The van der Waals surface area contributed by atoms with Crippen molar-refractivity contribution in [2.75, 3.05) is 29.9 Å². The SMILES string of the molecule is CCN(C(=O)OC(C)(C)C)C1CCN(c2ccc(C(=O)Nc3cc(CC(=O)OC(C)(C)C)c4nn(C)cc4c3)c3nn(C)cc23)CC1. The molecule has 1 N–H and O–H groups in total. The average molecular weight is 646 g/mol. The van der Waals surface area contributed by atoms with E-state index in [2.05, 4.69) is 20.4 Å². The van der Waals surface area contributed by atoms with Crippen LogP contribution in [0.5, 0.6) is 0 Å².